The third-order valence-electron chi connectivity index (χ3n) is 10.9. The van der Waals surface area contributed by atoms with Crippen molar-refractivity contribution < 1.29 is 9.59 Å². The number of hydrogen-bond donors (Lipinski definition) is 2. The Morgan fingerprint density at radius 1 is 1.04 bits per heavy atom. The minimum atomic E-state index is -0.572. The van der Waals surface area contributed by atoms with E-state index in [0.717, 1.165) is 64.1 Å². The lowest BCUT2D eigenvalue weighted by Gasteiger charge is -2.48. The fourth-order valence-corrected chi connectivity index (χ4v) is 7.70. The number of nitrogens with one attached hydrogen (secondary N) is 2. The second kappa shape index (κ2) is 12.1. The molecule has 2 aliphatic heterocycles. The van der Waals surface area contributed by atoms with Gasteiger partial charge in [0.2, 0.25) is 5.91 Å². The molecule has 4 aromatic rings. The number of aromatic nitrogens is 3. The highest BCUT2D eigenvalue weighted by Crippen LogP contribution is 2.48. The van der Waals surface area contributed by atoms with Gasteiger partial charge in [0.05, 0.1) is 23.0 Å². The first-order valence-corrected chi connectivity index (χ1v) is 17.3. The van der Waals surface area contributed by atoms with Crippen molar-refractivity contribution in [2.24, 2.45) is 0 Å². The van der Waals surface area contributed by atoms with Gasteiger partial charge < -0.3 is 25.0 Å². The van der Waals surface area contributed by atoms with E-state index in [0.29, 0.717) is 17.4 Å². The molecule has 0 radical (unpaired) electrons. The normalized spacial score (nSPS) is 21.4. The number of fused-ring (bicyclic) bond motifs is 2. The number of nitrogens with zero attached hydrogens (tertiary/aromatic N) is 5. The van der Waals surface area contributed by atoms with E-state index in [1.807, 2.05) is 37.5 Å². The van der Waals surface area contributed by atoms with Crippen LogP contribution in [-0.2, 0) is 10.2 Å². The number of carbonyl (C=O) groups excluding carboxylic acids is 2. The second-order valence-corrected chi connectivity index (χ2v) is 14.3. The maximum atomic E-state index is 13.9. The number of likely N-dealkylation sites (tertiary alicyclic amines) is 1. The first-order chi connectivity index (χ1) is 22.6. The van der Waals surface area contributed by atoms with Gasteiger partial charge in [-0.05, 0) is 108 Å². The van der Waals surface area contributed by atoms with Gasteiger partial charge in [-0.25, -0.2) is 9.97 Å². The molecule has 0 unspecified atom stereocenters. The summed E-state index contributed by atoms with van der Waals surface area (Å²) in [6, 6.07) is 15.2. The molecule has 2 fully saturated rings. The topological polar surface area (TPSA) is 95.4 Å². The smallest absolute Gasteiger partial charge is 0.251 e. The lowest BCUT2D eigenvalue weighted by Crippen LogP contribution is -2.57. The molecule has 2 aromatic carbocycles. The van der Waals surface area contributed by atoms with Crippen LogP contribution in [0.1, 0.15) is 93.7 Å². The Morgan fingerprint density at radius 2 is 1.81 bits per heavy atom. The summed E-state index contributed by atoms with van der Waals surface area (Å²) in [7, 11) is 1.64. The number of benzene rings is 2. The number of piperidine rings is 1. The van der Waals surface area contributed by atoms with Gasteiger partial charge >= 0.3 is 0 Å². The summed E-state index contributed by atoms with van der Waals surface area (Å²) in [5.41, 5.74) is 7.30. The van der Waals surface area contributed by atoms with Crippen LogP contribution in [0.25, 0.3) is 22.3 Å². The SMILES string of the molecule is CC[C@H](C)n1cnc2cc(-c3ccc4c(c3)N(C3CC(N5CCCCC5)C3)C(=O)C4(C)C)nc(Nc3ccc(C)c(C(=O)NC)c3)c21. The van der Waals surface area contributed by atoms with Crippen LogP contribution in [0, 0.1) is 6.92 Å². The van der Waals surface area contributed by atoms with Crippen LogP contribution in [0.2, 0.25) is 0 Å². The Kier molecular flexibility index (Phi) is 8.07. The van der Waals surface area contributed by atoms with E-state index in [1.165, 1.54) is 32.4 Å². The van der Waals surface area contributed by atoms with E-state index < -0.39 is 5.41 Å². The van der Waals surface area contributed by atoms with E-state index in [2.05, 4.69) is 70.9 Å². The highest BCUT2D eigenvalue weighted by atomic mass is 16.2. The molecule has 0 bridgehead atoms. The quantitative estimate of drug-likeness (QED) is 0.215. The predicted molar refractivity (Wildman–Crippen MR) is 189 cm³/mol. The highest BCUT2D eigenvalue weighted by Gasteiger charge is 2.50. The Labute approximate surface area is 277 Å². The standard InChI is InChI=1S/C38H47N7O2/c1-7-24(3)44-22-40-32-21-31(42-35(34(32)44)41-26-13-11-23(2)29(18-26)36(46)39-6)25-12-14-30-33(17-25)45(37(47)38(30,4)5)28-19-27(20-28)43-15-9-8-10-16-43/h11-14,17-18,21-22,24,27-28H,7-10,15-16,19-20H2,1-6H3,(H,39,46)(H,41,42)/t24-,27?,28?/m0/s1. The lowest BCUT2D eigenvalue weighted by atomic mass is 9.82. The number of amides is 2. The maximum absolute atomic E-state index is 13.9. The van der Waals surface area contributed by atoms with Crippen LogP contribution < -0.4 is 15.5 Å². The molecule has 47 heavy (non-hydrogen) atoms. The molecule has 2 aromatic heterocycles. The average molecular weight is 634 g/mol. The van der Waals surface area contributed by atoms with Crippen molar-refractivity contribution >= 4 is 40.0 Å². The van der Waals surface area contributed by atoms with Gasteiger partial charge in [0.1, 0.15) is 5.52 Å². The summed E-state index contributed by atoms with van der Waals surface area (Å²) in [5, 5.41) is 6.28. The first-order valence-electron chi connectivity index (χ1n) is 17.3. The van der Waals surface area contributed by atoms with E-state index in [9.17, 15) is 9.59 Å². The molecular formula is C38H47N7O2. The van der Waals surface area contributed by atoms with Crippen LogP contribution in [0.15, 0.2) is 48.8 Å². The Bertz CT molecular complexity index is 1850. The number of hydrogen-bond acceptors (Lipinski definition) is 6. The third kappa shape index (κ3) is 5.38. The molecule has 1 saturated heterocycles. The molecule has 9 heteroatoms. The van der Waals surface area contributed by atoms with Gasteiger partial charge in [-0.1, -0.05) is 31.5 Å². The summed E-state index contributed by atoms with van der Waals surface area (Å²) in [5.74, 6) is 0.742. The second-order valence-electron chi connectivity index (χ2n) is 14.3. The average Bonchev–Trinajstić information content (AvgIpc) is 3.58. The number of pyridine rings is 1. The molecule has 2 N–H and O–H groups in total. The Hall–Kier alpha value is -4.24. The summed E-state index contributed by atoms with van der Waals surface area (Å²) < 4.78 is 2.17. The fraction of sp³-hybridized carbons (Fsp3) is 0.474. The van der Waals surface area contributed by atoms with Crippen LogP contribution >= 0.6 is 0 Å². The van der Waals surface area contributed by atoms with Crippen molar-refractivity contribution in [3.63, 3.8) is 0 Å². The molecule has 2 amide bonds. The van der Waals surface area contributed by atoms with E-state index in [4.69, 9.17) is 9.97 Å². The van der Waals surface area contributed by atoms with Gasteiger partial charge in [0.25, 0.3) is 5.91 Å². The molecule has 7 rings (SSSR count). The molecule has 3 aliphatic rings. The van der Waals surface area contributed by atoms with Crippen LogP contribution in [0.4, 0.5) is 17.2 Å². The number of imidazole rings is 1. The predicted octanol–water partition coefficient (Wildman–Crippen LogP) is 7.12. The zero-order valence-electron chi connectivity index (χ0n) is 28.6. The van der Waals surface area contributed by atoms with Crippen LogP contribution in [0.3, 0.4) is 0 Å². The minimum absolute atomic E-state index is 0.128. The summed E-state index contributed by atoms with van der Waals surface area (Å²) in [4.78, 5) is 41.3. The van der Waals surface area contributed by atoms with Crippen LogP contribution in [-0.4, -0.2) is 63.5 Å². The zero-order chi connectivity index (χ0) is 33.0. The Morgan fingerprint density at radius 3 is 2.53 bits per heavy atom. The van der Waals surface area contributed by atoms with Gasteiger partial charge in [0, 0.05) is 47.7 Å². The van der Waals surface area contributed by atoms with Gasteiger partial charge in [-0.15, -0.1) is 0 Å². The van der Waals surface area contributed by atoms with Crippen molar-refractivity contribution in [2.45, 2.75) is 96.7 Å². The first kappa shape index (κ1) is 31.4. The zero-order valence-corrected chi connectivity index (χ0v) is 28.6. The maximum Gasteiger partial charge on any atom is 0.251 e. The van der Waals surface area contributed by atoms with Gasteiger partial charge in [-0.2, -0.15) is 0 Å². The summed E-state index contributed by atoms with van der Waals surface area (Å²) >= 11 is 0. The molecule has 1 atom stereocenters. The third-order valence-corrected chi connectivity index (χ3v) is 10.9. The molecule has 9 nitrogen and oxygen atoms in total. The number of carbonyl (C=O) groups is 2. The largest absolute Gasteiger partial charge is 0.355 e. The van der Waals surface area contributed by atoms with E-state index >= 15 is 0 Å². The fourth-order valence-electron chi connectivity index (χ4n) is 7.70. The number of rotatable bonds is 8. The molecular weight excluding hydrogens is 586 g/mol. The number of aryl methyl sites for hydroxylation is 1. The molecule has 246 valence electrons. The minimum Gasteiger partial charge on any atom is -0.355 e. The van der Waals surface area contributed by atoms with Crippen LogP contribution in [0.5, 0.6) is 0 Å². The van der Waals surface area contributed by atoms with E-state index in [-0.39, 0.29) is 23.9 Å². The molecule has 0 spiro atoms. The molecule has 4 heterocycles. The monoisotopic (exact) mass is 633 g/mol. The van der Waals surface area contributed by atoms with Gasteiger partial charge in [0.15, 0.2) is 5.82 Å². The molecule has 1 saturated carbocycles. The van der Waals surface area contributed by atoms with Crippen molar-refractivity contribution in [3.05, 3.63) is 65.5 Å². The van der Waals surface area contributed by atoms with Crippen molar-refractivity contribution in [2.75, 3.05) is 30.4 Å². The number of anilines is 3. The van der Waals surface area contributed by atoms with Crippen molar-refractivity contribution in [1.82, 2.24) is 24.8 Å². The summed E-state index contributed by atoms with van der Waals surface area (Å²) in [6.07, 6.45) is 8.80. The van der Waals surface area contributed by atoms with E-state index in [1.54, 1.807) is 7.05 Å². The van der Waals surface area contributed by atoms with Crippen molar-refractivity contribution in [3.8, 4) is 11.3 Å². The summed E-state index contributed by atoms with van der Waals surface area (Å²) in [6.45, 7) is 12.8. The highest BCUT2D eigenvalue weighted by molar-refractivity contribution is 6.09. The van der Waals surface area contributed by atoms with Gasteiger partial charge in [-0.3, -0.25) is 9.59 Å². The molecule has 1 aliphatic carbocycles. The van der Waals surface area contributed by atoms with Crippen molar-refractivity contribution in [1.29, 1.82) is 0 Å². The Balaban J connectivity index is 1.27. The lowest BCUT2D eigenvalue weighted by molar-refractivity contribution is -0.123.